The summed E-state index contributed by atoms with van der Waals surface area (Å²) in [4.78, 5) is 15.5. The molecule has 7 heteroatoms. The van der Waals surface area contributed by atoms with E-state index in [4.69, 9.17) is 33.3 Å². The zero-order valence-corrected chi connectivity index (χ0v) is 21.1. The summed E-state index contributed by atoms with van der Waals surface area (Å²) in [7, 11) is 1.58. The summed E-state index contributed by atoms with van der Waals surface area (Å²) in [6, 6.07) is 26.9. The number of amides is 1. The zero-order chi connectivity index (χ0) is 24.4. The van der Waals surface area contributed by atoms with Crippen LogP contribution in [0, 0.1) is 0 Å². The number of anilines is 1. The Bertz CT molecular complexity index is 1480. The number of nitrogens with zero attached hydrogens (tertiary/aromatic N) is 1. The topological polar surface area (TPSA) is 38.8 Å². The van der Waals surface area contributed by atoms with Gasteiger partial charge in [0.05, 0.1) is 17.7 Å². The number of methoxy groups -OCH3 is 1. The normalized spacial score (nSPS) is 14.7. The number of halogens is 1. The van der Waals surface area contributed by atoms with Crippen LogP contribution in [0.5, 0.6) is 11.5 Å². The van der Waals surface area contributed by atoms with Crippen LogP contribution in [0.1, 0.15) is 11.1 Å². The average Bonchev–Trinajstić information content (AvgIpc) is 3.15. The highest BCUT2D eigenvalue weighted by molar-refractivity contribution is 8.27. The van der Waals surface area contributed by atoms with E-state index >= 15 is 0 Å². The van der Waals surface area contributed by atoms with Crippen molar-refractivity contribution < 1.29 is 14.3 Å². The first-order valence-corrected chi connectivity index (χ1v) is 12.5. The maximum atomic E-state index is 13.4. The molecule has 35 heavy (non-hydrogen) atoms. The van der Waals surface area contributed by atoms with E-state index in [1.54, 1.807) is 12.0 Å². The second kappa shape index (κ2) is 10.1. The van der Waals surface area contributed by atoms with Crippen molar-refractivity contribution in [2.45, 2.75) is 6.61 Å². The molecule has 0 aliphatic carbocycles. The van der Waals surface area contributed by atoms with Crippen LogP contribution in [-0.4, -0.2) is 17.3 Å². The second-order valence-electron chi connectivity index (χ2n) is 7.81. The van der Waals surface area contributed by atoms with Gasteiger partial charge in [0.1, 0.15) is 6.61 Å². The van der Waals surface area contributed by atoms with E-state index in [9.17, 15) is 4.79 Å². The van der Waals surface area contributed by atoms with Gasteiger partial charge in [-0.05, 0) is 41.3 Å². The zero-order valence-electron chi connectivity index (χ0n) is 18.7. The molecule has 1 aliphatic heterocycles. The van der Waals surface area contributed by atoms with Gasteiger partial charge in [0.25, 0.3) is 5.91 Å². The van der Waals surface area contributed by atoms with E-state index in [0.717, 1.165) is 27.6 Å². The SMILES string of the molecule is COc1cc(/C=C2\SC(=S)N(c3cccc4ccccc34)C2=O)ccc1OCc1ccccc1Cl. The van der Waals surface area contributed by atoms with Crippen molar-refractivity contribution in [1.29, 1.82) is 0 Å². The smallest absolute Gasteiger partial charge is 0.270 e. The Hall–Kier alpha value is -3.32. The number of benzene rings is 4. The summed E-state index contributed by atoms with van der Waals surface area (Å²) in [5, 5.41) is 2.69. The lowest BCUT2D eigenvalue weighted by Gasteiger charge is -2.17. The predicted octanol–water partition coefficient (Wildman–Crippen LogP) is 7.49. The highest BCUT2D eigenvalue weighted by atomic mass is 35.5. The molecule has 4 aromatic carbocycles. The lowest BCUT2D eigenvalue weighted by Crippen LogP contribution is -2.27. The second-order valence-corrected chi connectivity index (χ2v) is 9.89. The summed E-state index contributed by atoms with van der Waals surface area (Å²) >= 11 is 13.1. The van der Waals surface area contributed by atoms with Crippen molar-refractivity contribution >= 4 is 68.3 Å². The van der Waals surface area contributed by atoms with Gasteiger partial charge in [-0.15, -0.1) is 0 Å². The molecule has 5 rings (SSSR count). The van der Waals surface area contributed by atoms with Crippen molar-refractivity contribution in [3.63, 3.8) is 0 Å². The lowest BCUT2D eigenvalue weighted by atomic mass is 10.1. The van der Waals surface area contributed by atoms with E-state index in [2.05, 4.69) is 0 Å². The van der Waals surface area contributed by atoms with Gasteiger partial charge in [0, 0.05) is 16.0 Å². The average molecular weight is 518 g/mol. The van der Waals surface area contributed by atoms with Crippen molar-refractivity contribution in [3.05, 3.63) is 106 Å². The summed E-state index contributed by atoms with van der Waals surface area (Å²) in [6.07, 6.45) is 1.82. The van der Waals surface area contributed by atoms with Crippen molar-refractivity contribution in [2.24, 2.45) is 0 Å². The van der Waals surface area contributed by atoms with Crippen molar-refractivity contribution in [1.82, 2.24) is 0 Å². The Morgan fingerprint density at radius 1 is 0.971 bits per heavy atom. The molecule has 0 atom stereocenters. The van der Waals surface area contributed by atoms with E-state index in [-0.39, 0.29) is 5.91 Å². The molecule has 0 spiro atoms. The first kappa shape index (κ1) is 23.4. The standard InChI is InChI=1S/C28H20ClNO3S2/c1-32-25-15-18(13-14-24(25)33-17-20-8-3-5-11-22(20)29)16-26-27(31)30(28(34)35-26)23-12-6-9-19-7-2-4-10-21(19)23/h2-16H,17H2,1H3/b26-16-. The lowest BCUT2D eigenvalue weighted by molar-refractivity contribution is -0.113. The molecule has 0 aromatic heterocycles. The fraction of sp³-hybridized carbons (Fsp3) is 0.0714. The van der Waals surface area contributed by atoms with E-state index in [0.29, 0.717) is 32.4 Å². The Kier molecular flexibility index (Phi) is 6.77. The van der Waals surface area contributed by atoms with E-state index in [1.165, 1.54) is 11.8 Å². The molecule has 1 aliphatic rings. The van der Waals surface area contributed by atoms with Gasteiger partial charge >= 0.3 is 0 Å². The number of carbonyl (C=O) groups is 1. The number of hydrogen-bond acceptors (Lipinski definition) is 5. The third-order valence-electron chi connectivity index (χ3n) is 5.63. The first-order chi connectivity index (χ1) is 17.0. The van der Waals surface area contributed by atoms with Gasteiger partial charge in [0.15, 0.2) is 15.8 Å². The maximum absolute atomic E-state index is 13.4. The molecule has 1 saturated heterocycles. The first-order valence-electron chi connectivity index (χ1n) is 10.8. The van der Waals surface area contributed by atoms with Crippen LogP contribution >= 0.6 is 35.6 Å². The minimum Gasteiger partial charge on any atom is -0.493 e. The molecule has 0 bridgehead atoms. The van der Waals surface area contributed by atoms with Crippen molar-refractivity contribution in [3.8, 4) is 11.5 Å². The van der Waals surface area contributed by atoms with Crippen LogP contribution < -0.4 is 14.4 Å². The Morgan fingerprint density at radius 2 is 1.74 bits per heavy atom. The third kappa shape index (κ3) is 4.78. The summed E-state index contributed by atoms with van der Waals surface area (Å²) in [6.45, 7) is 0.319. The highest BCUT2D eigenvalue weighted by Crippen LogP contribution is 2.39. The van der Waals surface area contributed by atoms with Crippen LogP contribution in [0.4, 0.5) is 5.69 Å². The monoisotopic (exact) mass is 517 g/mol. The number of fused-ring (bicyclic) bond motifs is 1. The molecule has 0 unspecified atom stereocenters. The van der Waals surface area contributed by atoms with E-state index in [1.807, 2.05) is 91.0 Å². The summed E-state index contributed by atoms with van der Waals surface area (Å²) in [5.74, 6) is 1.01. The largest absolute Gasteiger partial charge is 0.493 e. The fourth-order valence-corrected chi connectivity index (χ4v) is 5.37. The van der Waals surface area contributed by atoms with Crippen LogP contribution in [-0.2, 0) is 11.4 Å². The molecule has 1 heterocycles. The summed E-state index contributed by atoms with van der Waals surface area (Å²) < 4.78 is 12.0. The van der Waals surface area contributed by atoms with Gasteiger partial charge in [-0.3, -0.25) is 9.69 Å². The number of hydrogen-bond donors (Lipinski definition) is 0. The Labute approximate surface area is 218 Å². The molecule has 0 N–H and O–H groups in total. The highest BCUT2D eigenvalue weighted by Gasteiger charge is 2.34. The molecular weight excluding hydrogens is 498 g/mol. The van der Waals surface area contributed by atoms with Gasteiger partial charge in [-0.2, -0.15) is 0 Å². The minimum absolute atomic E-state index is 0.144. The summed E-state index contributed by atoms with van der Waals surface area (Å²) in [5.41, 5.74) is 2.48. The van der Waals surface area contributed by atoms with Crippen LogP contribution in [0.15, 0.2) is 89.8 Å². The van der Waals surface area contributed by atoms with Gasteiger partial charge in [-0.25, -0.2) is 0 Å². The van der Waals surface area contributed by atoms with Gasteiger partial charge < -0.3 is 9.47 Å². The van der Waals surface area contributed by atoms with E-state index < -0.39 is 0 Å². The minimum atomic E-state index is -0.144. The molecule has 0 saturated carbocycles. The fourth-order valence-electron chi connectivity index (χ4n) is 3.89. The molecular formula is C28H20ClNO3S2. The van der Waals surface area contributed by atoms with Crippen LogP contribution in [0.3, 0.4) is 0 Å². The molecule has 0 radical (unpaired) electrons. The number of carbonyl (C=O) groups excluding carboxylic acids is 1. The van der Waals surface area contributed by atoms with Gasteiger partial charge in [0.2, 0.25) is 0 Å². The molecule has 1 amide bonds. The molecule has 4 nitrogen and oxygen atoms in total. The van der Waals surface area contributed by atoms with Crippen LogP contribution in [0.2, 0.25) is 5.02 Å². The maximum Gasteiger partial charge on any atom is 0.270 e. The Morgan fingerprint density at radius 3 is 2.57 bits per heavy atom. The quantitative estimate of drug-likeness (QED) is 0.196. The number of rotatable bonds is 6. The number of thiocarbonyl (C=S) groups is 1. The third-order valence-corrected chi connectivity index (χ3v) is 7.30. The van der Waals surface area contributed by atoms with Gasteiger partial charge in [-0.1, -0.05) is 96.2 Å². The number of ether oxygens (including phenoxy) is 2. The molecule has 174 valence electrons. The number of thioether (sulfide) groups is 1. The van der Waals surface area contributed by atoms with Crippen LogP contribution in [0.25, 0.3) is 16.8 Å². The molecule has 1 fully saturated rings. The van der Waals surface area contributed by atoms with Crippen molar-refractivity contribution in [2.75, 3.05) is 12.0 Å². The Balaban J connectivity index is 1.40. The predicted molar refractivity (Wildman–Crippen MR) is 148 cm³/mol. The molecule has 4 aromatic rings.